The van der Waals surface area contributed by atoms with Crippen LogP contribution in [0.15, 0.2) is 16.0 Å². The van der Waals surface area contributed by atoms with Crippen LogP contribution in [0.5, 0.6) is 0 Å². The minimum absolute atomic E-state index is 0.147. The van der Waals surface area contributed by atoms with E-state index in [1.165, 1.54) is 17.8 Å². The highest BCUT2D eigenvalue weighted by Gasteiger charge is 2.44. The molecular weight excluding hydrogens is 266 g/mol. The molecule has 1 aliphatic rings. The number of carboxylic acid groups (broad SMARTS) is 1. The molecule has 1 fully saturated rings. The molecule has 2 unspecified atom stereocenters. The van der Waals surface area contributed by atoms with Gasteiger partial charge in [-0.25, -0.2) is 4.98 Å². The van der Waals surface area contributed by atoms with Crippen molar-refractivity contribution in [2.75, 3.05) is 7.05 Å². The Kier molecular flexibility index (Phi) is 3.96. The van der Waals surface area contributed by atoms with E-state index < -0.39 is 11.5 Å². The molecule has 19 heavy (non-hydrogen) atoms. The number of aliphatic carboxylic acids is 1. The second kappa shape index (κ2) is 5.34. The molecule has 1 saturated carbocycles. The maximum absolute atomic E-state index is 11.4. The van der Waals surface area contributed by atoms with Crippen molar-refractivity contribution in [3.63, 3.8) is 0 Å². The molecule has 0 saturated heterocycles. The lowest BCUT2D eigenvalue weighted by Gasteiger charge is -2.23. The Hall–Kier alpha value is -1.34. The van der Waals surface area contributed by atoms with Crippen LogP contribution in [0, 0.1) is 6.92 Å². The minimum Gasteiger partial charge on any atom is -0.480 e. The average Bonchev–Trinajstić information content (AvgIpc) is 2.72. The van der Waals surface area contributed by atoms with E-state index in [0.29, 0.717) is 23.7 Å². The van der Waals surface area contributed by atoms with Gasteiger partial charge in [-0.05, 0) is 33.2 Å². The van der Waals surface area contributed by atoms with E-state index in [2.05, 4.69) is 15.3 Å². The third kappa shape index (κ3) is 2.98. The summed E-state index contributed by atoms with van der Waals surface area (Å²) in [5, 5.41) is 12.9. The number of aryl methyl sites for hydroxylation is 1. The first-order valence-electron chi connectivity index (χ1n) is 6.12. The molecule has 0 aromatic carbocycles. The summed E-state index contributed by atoms with van der Waals surface area (Å²) in [6.07, 6.45) is 1.91. The van der Waals surface area contributed by atoms with Crippen molar-refractivity contribution >= 4 is 17.7 Å². The van der Waals surface area contributed by atoms with Crippen LogP contribution in [0.1, 0.15) is 25.0 Å². The van der Waals surface area contributed by atoms with Gasteiger partial charge in [0.1, 0.15) is 5.54 Å². The summed E-state index contributed by atoms with van der Waals surface area (Å²) in [5.41, 5.74) is -0.351. The summed E-state index contributed by atoms with van der Waals surface area (Å²) in [6.45, 7) is 1.77. The van der Waals surface area contributed by atoms with Crippen LogP contribution in [0.4, 0.5) is 0 Å². The molecule has 1 aromatic rings. The summed E-state index contributed by atoms with van der Waals surface area (Å²) in [5.74, 6) is -0.816. The fraction of sp³-hybridized carbons (Fsp3) is 0.583. The summed E-state index contributed by atoms with van der Waals surface area (Å²) in [7, 11) is 1.67. The van der Waals surface area contributed by atoms with E-state index in [-0.39, 0.29) is 10.8 Å². The van der Waals surface area contributed by atoms with Crippen LogP contribution in [0.2, 0.25) is 0 Å². The van der Waals surface area contributed by atoms with Gasteiger partial charge in [-0.2, -0.15) is 0 Å². The standard InChI is InChI=1S/C12H17N3O3S/c1-7-5-9(16)15-11(14-7)19-8-3-4-12(6-8,13-2)10(17)18/h5,8,13H,3-4,6H2,1-2H3,(H,17,18)(H,14,15,16). The van der Waals surface area contributed by atoms with Crippen LogP contribution < -0.4 is 10.9 Å². The molecule has 7 heteroatoms. The highest BCUT2D eigenvalue weighted by atomic mass is 32.2. The lowest BCUT2D eigenvalue weighted by atomic mass is 9.99. The number of hydrogen-bond acceptors (Lipinski definition) is 5. The fourth-order valence-electron chi connectivity index (χ4n) is 2.39. The van der Waals surface area contributed by atoms with Crippen molar-refractivity contribution in [2.24, 2.45) is 0 Å². The van der Waals surface area contributed by atoms with Crippen LogP contribution in [-0.4, -0.2) is 38.9 Å². The molecule has 1 heterocycles. The normalized spacial score (nSPS) is 26.5. The number of nitrogens with one attached hydrogen (secondary N) is 2. The van der Waals surface area contributed by atoms with Crippen LogP contribution in [0.25, 0.3) is 0 Å². The minimum atomic E-state index is -0.845. The SMILES string of the molecule is CNC1(C(=O)O)CCC(Sc2nc(C)cc(=O)[nH]2)C1. The Bertz CT molecular complexity index is 545. The largest absolute Gasteiger partial charge is 0.480 e. The number of thioether (sulfide) groups is 1. The Morgan fingerprint density at radius 3 is 2.95 bits per heavy atom. The number of aromatic amines is 1. The molecule has 0 bridgehead atoms. The van der Waals surface area contributed by atoms with E-state index >= 15 is 0 Å². The van der Waals surface area contributed by atoms with Crippen LogP contribution >= 0.6 is 11.8 Å². The number of hydrogen-bond donors (Lipinski definition) is 3. The number of carboxylic acids is 1. The quantitative estimate of drug-likeness (QED) is 0.706. The van der Waals surface area contributed by atoms with Crippen molar-refractivity contribution in [3.8, 4) is 0 Å². The van der Waals surface area contributed by atoms with Gasteiger partial charge in [-0.1, -0.05) is 11.8 Å². The number of H-pyrrole nitrogens is 1. The monoisotopic (exact) mass is 283 g/mol. The molecule has 6 nitrogen and oxygen atoms in total. The molecule has 3 N–H and O–H groups in total. The first-order valence-corrected chi connectivity index (χ1v) is 7.00. The summed E-state index contributed by atoms with van der Waals surface area (Å²) in [4.78, 5) is 29.6. The smallest absolute Gasteiger partial charge is 0.323 e. The predicted octanol–water partition coefficient (Wildman–Crippen LogP) is 0.766. The van der Waals surface area contributed by atoms with Gasteiger partial charge in [0.15, 0.2) is 5.16 Å². The number of rotatable bonds is 4. The molecule has 0 radical (unpaired) electrons. The third-order valence-corrected chi connectivity index (χ3v) is 4.64. The summed E-state index contributed by atoms with van der Waals surface area (Å²) in [6, 6.07) is 1.44. The second-order valence-corrected chi connectivity index (χ2v) is 6.10. The molecule has 0 spiro atoms. The van der Waals surface area contributed by atoms with E-state index in [9.17, 15) is 14.7 Å². The predicted molar refractivity (Wildman–Crippen MR) is 72.5 cm³/mol. The van der Waals surface area contributed by atoms with Gasteiger partial charge in [0.25, 0.3) is 5.56 Å². The molecule has 1 aromatic heterocycles. The highest BCUT2D eigenvalue weighted by Crippen LogP contribution is 2.39. The maximum Gasteiger partial charge on any atom is 0.323 e. The lowest BCUT2D eigenvalue weighted by molar-refractivity contribution is -0.144. The summed E-state index contributed by atoms with van der Waals surface area (Å²) >= 11 is 1.44. The van der Waals surface area contributed by atoms with E-state index in [1.54, 1.807) is 14.0 Å². The zero-order chi connectivity index (χ0) is 14.0. The van der Waals surface area contributed by atoms with Gasteiger partial charge in [0.2, 0.25) is 0 Å². The first-order chi connectivity index (χ1) is 8.95. The van der Waals surface area contributed by atoms with Gasteiger partial charge in [-0.15, -0.1) is 0 Å². The maximum atomic E-state index is 11.4. The van der Waals surface area contributed by atoms with Crippen molar-refractivity contribution in [2.45, 2.75) is 42.1 Å². The van der Waals surface area contributed by atoms with Crippen molar-refractivity contribution in [1.82, 2.24) is 15.3 Å². The van der Waals surface area contributed by atoms with Crippen LogP contribution in [0.3, 0.4) is 0 Å². The van der Waals surface area contributed by atoms with Crippen molar-refractivity contribution in [1.29, 1.82) is 0 Å². The number of likely N-dealkylation sites (N-methyl/N-ethyl adjacent to an activating group) is 1. The molecule has 0 aliphatic heterocycles. The lowest BCUT2D eigenvalue weighted by Crippen LogP contribution is -2.48. The van der Waals surface area contributed by atoms with E-state index in [1.807, 2.05) is 0 Å². The molecule has 1 aliphatic carbocycles. The topological polar surface area (TPSA) is 95.1 Å². The Morgan fingerprint density at radius 1 is 1.68 bits per heavy atom. The second-order valence-electron chi connectivity index (χ2n) is 4.81. The van der Waals surface area contributed by atoms with Gasteiger partial charge < -0.3 is 15.4 Å². The molecule has 104 valence electrons. The molecular formula is C12H17N3O3S. The van der Waals surface area contributed by atoms with Gasteiger partial charge >= 0.3 is 5.97 Å². The van der Waals surface area contributed by atoms with E-state index in [0.717, 1.165) is 6.42 Å². The van der Waals surface area contributed by atoms with Gasteiger partial charge in [-0.3, -0.25) is 9.59 Å². The molecule has 2 atom stereocenters. The Balaban J connectivity index is 2.10. The highest BCUT2D eigenvalue weighted by molar-refractivity contribution is 7.99. The van der Waals surface area contributed by atoms with Crippen molar-refractivity contribution in [3.05, 3.63) is 22.1 Å². The number of nitrogens with zero attached hydrogens (tertiary/aromatic N) is 1. The average molecular weight is 283 g/mol. The summed E-state index contributed by atoms with van der Waals surface area (Å²) < 4.78 is 0. The molecule has 2 rings (SSSR count). The van der Waals surface area contributed by atoms with Gasteiger partial charge in [0.05, 0.1) is 0 Å². The Morgan fingerprint density at radius 2 is 2.42 bits per heavy atom. The zero-order valence-corrected chi connectivity index (χ0v) is 11.7. The molecule has 0 amide bonds. The van der Waals surface area contributed by atoms with E-state index in [4.69, 9.17) is 0 Å². The van der Waals surface area contributed by atoms with Gasteiger partial charge in [0, 0.05) is 17.0 Å². The zero-order valence-electron chi connectivity index (χ0n) is 10.9. The first kappa shape index (κ1) is 14.1. The third-order valence-electron chi connectivity index (χ3n) is 3.48. The van der Waals surface area contributed by atoms with Crippen LogP contribution in [-0.2, 0) is 4.79 Å². The van der Waals surface area contributed by atoms with Crippen molar-refractivity contribution < 1.29 is 9.90 Å². The fourth-order valence-corrected chi connectivity index (χ4v) is 3.67. The Labute approximate surface area is 115 Å². The number of aromatic nitrogens is 2. The number of carbonyl (C=O) groups is 1.